The lowest BCUT2D eigenvalue weighted by atomic mass is 10.2. The van der Waals surface area contributed by atoms with Gasteiger partial charge in [0.15, 0.2) is 0 Å². The summed E-state index contributed by atoms with van der Waals surface area (Å²) in [6.45, 7) is 0. The third-order valence-corrected chi connectivity index (χ3v) is 1.04. The normalized spacial score (nSPS) is 23.7. The molecule has 0 aliphatic carbocycles. The second-order valence-corrected chi connectivity index (χ2v) is 1.72. The van der Waals surface area contributed by atoms with Crippen LogP contribution in [0.2, 0.25) is 0 Å². The Labute approximate surface area is 57.7 Å². The molecule has 1 aliphatic rings. The van der Waals surface area contributed by atoms with Gasteiger partial charge in [0.2, 0.25) is 0 Å². The van der Waals surface area contributed by atoms with Gasteiger partial charge in [-0.05, 0) is 0 Å². The van der Waals surface area contributed by atoms with E-state index < -0.39 is 0 Å². The lowest BCUT2D eigenvalue weighted by Crippen LogP contribution is -2.20. The van der Waals surface area contributed by atoms with Crippen LogP contribution in [0.1, 0.15) is 0 Å². The van der Waals surface area contributed by atoms with E-state index in [0.717, 1.165) is 0 Å². The van der Waals surface area contributed by atoms with E-state index in [2.05, 4.69) is 20.5 Å². The van der Waals surface area contributed by atoms with Crippen LogP contribution in [0.25, 0.3) is 0 Å². The fourth-order valence-corrected chi connectivity index (χ4v) is 0.556. The van der Waals surface area contributed by atoms with Crippen LogP contribution in [0.3, 0.4) is 0 Å². The highest BCUT2D eigenvalue weighted by molar-refractivity contribution is 6.10. The van der Waals surface area contributed by atoms with Crippen molar-refractivity contribution < 1.29 is 9.63 Å². The monoisotopic (exact) mass is 141 g/mol. The fourth-order valence-electron chi connectivity index (χ4n) is 0.556. The average Bonchev–Trinajstić information content (AvgIpc) is 2.31. The van der Waals surface area contributed by atoms with Gasteiger partial charge in [0.05, 0.1) is 6.21 Å². The van der Waals surface area contributed by atoms with Gasteiger partial charge in [0.25, 0.3) is 5.91 Å². The van der Waals surface area contributed by atoms with Gasteiger partial charge in [-0.2, -0.15) is 5.10 Å². The first-order valence-electron chi connectivity index (χ1n) is 2.74. The maximum atomic E-state index is 10.7. The number of hydrogen-bond acceptors (Lipinski definition) is 4. The number of amides is 1. The van der Waals surface area contributed by atoms with E-state index in [-0.39, 0.29) is 11.8 Å². The molecule has 5 nitrogen and oxygen atoms in total. The second-order valence-electron chi connectivity index (χ2n) is 1.72. The molecule has 1 N–H and O–H groups in total. The quantitative estimate of drug-likeness (QED) is 0.410. The van der Waals surface area contributed by atoms with Crippen molar-refractivity contribution >= 4 is 18.3 Å². The van der Waals surface area contributed by atoms with Crippen molar-refractivity contribution in [3.05, 3.63) is 0 Å². The van der Waals surface area contributed by atoms with Crippen LogP contribution < -0.4 is 5.43 Å². The lowest BCUT2D eigenvalue weighted by molar-refractivity contribution is -0.120. The number of nitrogens with zero attached hydrogens (tertiary/aromatic N) is 2. The summed E-state index contributed by atoms with van der Waals surface area (Å²) < 4.78 is 0. The second kappa shape index (κ2) is 2.95. The highest BCUT2D eigenvalue weighted by Gasteiger charge is 2.17. The van der Waals surface area contributed by atoms with Crippen molar-refractivity contribution in [1.82, 2.24) is 5.43 Å². The molecule has 1 unspecified atom stereocenters. The standard InChI is InChI=1S/C5H7N3O2/c1-10-7-3-4-2-6-8-5(4)9/h2-4H,1H3,(H,8,9)/b7-3+. The van der Waals surface area contributed by atoms with Crippen LogP contribution in [-0.2, 0) is 9.63 Å². The minimum Gasteiger partial charge on any atom is -0.399 e. The topological polar surface area (TPSA) is 63.1 Å². The van der Waals surface area contributed by atoms with Crippen LogP contribution in [0, 0.1) is 5.92 Å². The number of rotatable bonds is 2. The van der Waals surface area contributed by atoms with Crippen molar-refractivity contribution in [2.45, 2.75) is 0 Å². The Hall–Kier alpha value is -1.39. The van der Waals surface area contributed by atoms with E-state index in [1.165, 1.54) is 19.5 Å². The largest absolute Gasteiger partial charge is 0.399 e. The summed E-state index contributed by atoms with van der Waals surface area (Å²) in [6.07, 6.45) is 2.84. The molecule has 1 rings (SSSR count). The van der Waals surface area contributed by atoms with Crippen LogP contribution in [0.5, 0.6) is 0 Å². The smallest absolute Gasteiger partial charge is 0.254 e. The minimum absolute atomic E-state index is 0.180. The molecule has 54 valence electrons. The Morgan fingerprint density at radius 3 is 3.30 bits per heavy atom. The molecule has 10 heavy (non-hydrogen) atoms. The summed E-state index contributed by atoms with van der Waals surface area (Å²) >= 11 is 0. The Morgan fingerprint density at radius 1 is 2.00 bits per heavy atom. The van der Waals surface area contributed by atoms with E-state index in [0.29, 0.717) is 0 Å². The molecule has 0 aromatic carbocycles. The zero-order valence-electron chi connectivity index (χ0n) is 5.44. The molecule has 0 radical (unpaired) electrons. The van der Waals surface area contributed by atoms with Crippen LogP contribution in [0.15, 0.2) is 10.3 Å². The summed E-state index contributed by atoms with van der Waals surface area (Å²) in [5.41, 5.74) is 2.26. The lowest BCUT2D eigenvalue weighted by Gasteiger charge is -1.92. The number of hydrogen-bond donors (Lipinski definition) is 1. The van der Waals surface area contributed by atoms with E-state index in [9.17, 15) is 4.79 Å². The molecule has 1 heterocycles. The Bertz CT molecular complexity index is 187. The summed E-state index contributed by atoms with van der Waals surface area (Å²) in [6, 6.07) is 0. The van der Waals surface area contributed by atoms with Gasteiger partial charge < -0.3 is 4.84 Å². The Morgan fingerprint density at radius 2 is 2.80 bits per heavy atom. The van der Waals surface area contributed by atoms with E-state index in [1.54, 1.807) is 0 Å². The molecular formula is C5H7N3O2. The molecule has 0 aromatic heterocycles. The van der Waals surface area contributed by atoms with Crippen molar-refractivity contribution in [2.75, 3.05) is 7.11 Å². The molecule has 5 heteroatoms. The maximum Gasteiger partial charge on any atom is 0.254 e. The number of carbonyl (C=O) groups is 1. The van der Waals surface area contributed by atoms with Gasteiger partial charge >= 0.3 is 0 Å². The highest BCUT2D eigenvalue weighted by atomic mass is 16.6. The molecule has 0 fully saturated rings. The zero-order valence-corrected chi connectivity index (χ0v) is 5.44. The molecule has 1 amide bonds. The molecule has 0 bridgehead atoms. The average molecular weight is 141 g/mol. The summed E-state index contributed by atoms with van der Waals surface area (Å²) in [7, 11) is 1.42. The van der Waals surface area contributed by atoms with Crippen molar-refractivity contribution in [1.29, 1.82) is 0 Å². The van der Waals surface area contributed by atoms with Crippen molar-refractivity contribution in [3.8, 4) is 0 Å². The first-order chi connectivity index (χ1) is 4.84. The van der Waals surface area contributed by atoms with Gasteiger partial charge in [-0.1, -0.05) is 5.16 Å². The third-order valence-electron chi connectivity index (χ3n) is 1.04. The van der Waals surface area contributed by atoms with E-state index in [1.807, 2.05) is 0 Å². The predicted molar refractivity (Wildman–Crippen MR) is 35.6 cm³/mol. The van der Waals surface area contributed by atoms with Gasteiger partial charge in [-0.25, -0.2) is 5.43 Å². The molecule has 0 saturated carbocycles. The number of hydrazone groups is 1. The van der Waals surface area contributed by atoms with Crippen LogP contribution in [-0.4, -0.2) is 25.4 Å². The Kier molecular flexibility index (Phi) is 1.99. The molecule has 0 aromatic rings. The number of carbonyl (C=O) groups excluding carboxylic acids is 1. The molecule has 1 aliphatic heterocycles. The van der Waals surface area contributed by atoms with Gasteiger partial charge in [-0.3, -0.25) is 4.79 Å². The minimum atomic E-state index is -0.375. The highest BCUT2D eigenvalue weighted by Crippen LogP contribution is 1.94. The molecule has 1 atom stereocenters. The maximum absolute atomic E-state index is 10.7. The van der Waals surface area contributed by atoms with Crippen molar-refractivity contribution in [3.63, 3.8) is 0 Å². The van der Waals surface area contributed by atoms with Gasteiger partial charge in [0.1, 0.15) is 13.0 Å². The predicted octanol–water partition coefficient (Wildman–Crippen LogP) is -0.650. The van der Waals surface area contributed by atoms with Crippen LogP contribution in [0.4, 0.5) is 0 Å². The van der Waals surface area contributed by atoms with Gasteiger partial charge in [0, 0.05) is 6.21 Å². The van der Waals surface area contributed by atoms with Crippen molar-refractivity contribution in [2.24, 2.45) is 16.2 Å². The molecule has 0 saturated heterocycles. The van der Waals surface area contributed by atoms with Gasteiger partial charge in [-0.15, -0.1) is 0 Å². The van der Waals surface area contributed by atoms with E-state index in [4.69, 9.17) is 0 Å². The first kappa shape index (κ1) is 6.73. The molecular weight excluding hydrogens is 134 g/mol. The first-order valence-corrected chi connectivity index (χ1v) is 2.74. The SMILES string of the molecule is CO/N=C/C1C=NNC1=O. The summed E-state index contributed by atoms with van der Waals surface area (Å²) in [5, 5.41) is 6.95. The number of oxime groups is 1. The molecule has 0 spiro atoms. The zero-order chi connectivity index (χ0) is 7.40. The summed E-state index contributed by atoms with van der Waals surface area (Å²) in [4.78, 5) is 15.1. The Balaban J connectivity index is 2.48. The third kappa shape index (κ3) is 1.31. The van der Waals surface area contributed by atoms with Crippen LogP contribution >= 0.6 is 0 Å². The number of nitrogens with one attached hydrogen (secondary N) is 1. The summed E-state index contributed by atoms with van der Waals surface area (Å²) in [5.74, 6) is -0.555. The fraction of sp³-hybridized carbons (Fsp3) is 0.400. The van der Waals surface area contributed by atoms with E-state index >= 15 is 0 Å².